The Morgan fingerprint density at radius 1 is 1.35 bits per heavy atom. The number of anilines is 1. The van der Waals surface area contributed by atoms with E-state index in [2.05, 4.69) is 20.8 Å². The van der Waals surface area contributed by atoms with Gasteiger partial charge in [0.2, 0.25) is 5.95 Å². The van der Waals surface area contributed by atoms with Crippen molar-refractivity contribution in [3.05, 3.63) is 64.8 Å². The van der Waals surface area contributed by atoms with E-state index in [1.54, 1.807) is 17.2 Å². The van der Waals surface area contributed by atoms with Crippen LogP contribution in [0.3, 0.4) is 0 Å². The summed E-state index contributed by atoms with van der Waals surface area (Å²) in [5.41, 5.74) is 6.08. The fourth-order valence-corrected chi connectivity index (χ4v) is 3.48. The summed E-state index contributed by atoms with van der Waals surface area (Å²) < 4.78 is 5.77. The second-order valence-electron chi connectivity index (χ2n) is 8.21. The van der Waals surface area contributed by atoms with Crippen molar-refractivity contribution >= 4 is 23.5 Å². The number of carbonyl (C=O) groups is 1. The summed E-state index contributed by atoms with van der Waals surface area (Å²) in [5, 5.41) is 3.49. The average Bonchev–Trinajstić information content (AvgIpc) is 3.04. The van der Waals surface area contributed by atoms with Crippen molar-refractivity contribution < 1.29 is 14.4 Å². The van der Waals surface area contributed by atoms with Crippen molar-refractivity contribution in [2.75, 3.05) is 18.5 Å². The number of benzene rings is 1. The van der Waals surface area contributed by atoms with Gasteiger partial charge in [-0.05, 0) is 32.4 Å². The van der Waals surface area contributed by atoms with Gasteiger partial charge >= 0.3 is 0 Å². The Labute approximate surface area is 185 Å². The molecular formula is C22H24ClN5O3. The van der Waals surface area contributed by atoms with Gasteiger partial charge in [-0.3, -0.25) is 4.79 Å². The number of ether oxygens (including phenoxy) is 1. The molecule has 0 fully saturated rings. The zero-order valence-electron chi connectivity index (χ0n) is 17.6. The molecule has 162 valence electrons. The number of hydrogen-bond donors (Lipinski definition) is 2. The molecule has 3 heterocycles. The molecule has 8 nitrogen and oxygen atoms in total. The van der Waals surface area contributed by atoms with Gasteiger partial charge in [0.25, 0.3) is 5.91 Å². The topological polar surface area (TPSA) is 88.6 Å². The molecule has 2 aromatic rings. The molecule has 0 aliphatic carbocycles. The Bertz CT molecular complexity index is 1060. The Morgan fingerprint density at radius 2 is 2.19 bits per heavy atom. The first kappa shape index (κ1) is 21.1. The van der Waals surface area contributed by atoms with E-state index < -0.39 is 0 Å². The maximum absolute atomic E-state index is 12.9. The molecule has 0 atom stereocenters. The normalized spacial score (nSPS) is 15.3. The lowest BCUT2D eigenvalue weighted by Gasteiger charge is -2.22. The van der Waals surface area contributed by atoms with Crippen molar-refractivity contribution in [2.24, 2.45) is 0 Å². The lowest BCUT2D eigenvalue weighted by Crippen LogP contribution is -2.31. The first-order chi connectivity index (χ1) is 14.8. The fourth-order valence-electron chi connectivity index (χ4n) is 3.28. The molecule has 31 heavy (non-hydrogen) atoms. The molecule has 1 amide bonds. The summed E-state index contributed by atoms with van der Waals surface area (Å²) in [6.07, 6.45) is 6.42. The smallest absolute Gasteiger partial charge is 0.254 e. The zero-order chi connectivity index (χ0) is 22.0. The molecule has 0 bridgehead atoms. The molecule has 0 unspecified atom stereocenters. The summed E-state index contributed by atoms with van der Waals surface area (Å²) in [6, 6.07) is 5.72. The van der Waals surface area contributed by atoms with Crippen LogP contribution in [0, 0.1) is 0 Å². The Hall–Kier alpha value is -3.10. The molecule has 9 heteroatoms. The highest BCUT2D eigenvalue weighted by Crippen LogP contribution is 2.31. The van der Waals surface area contributed by atoms with Crippen molar-refractivity contribution in [1.29, 1.82) is 0 Å². The number of hydrogen-bond acceptors (Lipinski definition) is 7. The predicted octanol–water partition coefficient (Wildman–Crippen LogP) is 3.87. The maximum Gasteiger partial charge on any atom is 0.254 e. The quantitative estimate of drug-likeness (QED) is 0.703. The van der Waals surface area contributed by atoms with E-state index in [0.29, 0.717) is 41.9 Å². The predicted molar refractivity (Wildman–Crippen MR) is 118 cm³/mol. The SMILES string of the molecule is CC(C)(C)OCCN1Cc2ccc(-c3nc(NC4=CNOC=C4)ncc3Cl)cc2C1=O. The zero-order valence-corrected chi connectivity index (χ0v) is 18.4. The number of rotatable bonds is 6. The minimum atomic E-state index is -0.231. The molecule has 0 spiro atoms. The number of aromatic nitrogens is 2. The highest BCUT2D eigenvalue weighted by Gasteiger charge is 2.28. The van der Waals surface area contributed by atoms with Crippen LogP contribution in [0.2, 0.25) is 5.02 Å². The van der Waals surface area contributed by atoms with Crippen LogP contribution in [0.1, 0.15) is 36.7 Å². The molecule has 0 saturated heterocycles. The largest absolute Gasteiger partial charge is 0.390 e. The molecule has 2 aliphatic heterocycles. The van der Waals surface area contributed by atoms with Crippen LogP contribution >= 0.6 is 11.6 Å². The number of hydroxylamine groups is 1. The molecular weight excluding hydrogens is 418 g/mol. The molecule has 1 aromatic heterocycles. The first-order valence-corrected chi connectivity index (χ1v) is 10.3. The van der Waals surface area contributed by atoms with Gasteiger partial charge in [0.05, 0.1) is 41.0 Å². The number of halogens is 1. The van der Waals surface area contributed by atoms with E-state index in [9.17, 15) is 4.79 Å². The van der Waals surface area contributed by atoms with Crippen LogP contribution in [0.4, 0.5) is 5.95 Å². The van der Waals surface area contributed by atoms with Crippen LogP contribution in [0.25, 0.3) is 11.3 Å². The molecule has 0 saturated carbocycles. The van der Waals surface area contributed by atoms with Gasteiger partial charge in [-0.15, -0.1) is 0 Å². The molecule has 4 rings (SSSR count). The molecule has 1 aromatic carbocycles. The minimum Gasteiger partial charge on any atom is -0.390 e. The van der Waals surface area contributed by atoms with Gasteiger partial charge in [-0.25, -0.2) is 15.4 Å². The summed E-state index contributed by atoms with van der Waals surface area (Å²) in [7, 11) is 0. The van der Waals surface area contributed by atoms with Crippen LogP contribution < -0.4 is 10.8 Å². The van der Waals surface area contributed by atoms with Crippen molar-refractivity contribution in [1.82, 2.24) is 20.3 Å². The van der Waals surface area contributed by atoms with E-state index in [1.807, 2.05) is 39.0 Å². The lowest BCUT2D eigenvalue weighted by atomic mass is 10.0. The number of allylic oxidation sites excluding steroid dienone is 1. The van der Waals surface area contributed by atoms with Gasteiger partial charge in [-0.1, -0.05) is 23.7 Å². The second kappa shape index (κ2) is 8.56. The van der Waals surface area contributed by atoms with Crippen LogP contribution in [0.15, 0.2) is 48.6 Å². The van der Waals surface area contributed by atoms with Crippen molar-refractivity contribution in [2.45, 2.75) is 32.9 Å². The van der Waals surface area contributed by atoms with Gasteiger partial charge in [-0.2, -0.15) is 0 Å². The number of nitrogens with zero attached hydrogens (tertiary/aromatic N) is 3. The second-order valence-corrected chi connectivity index (χ2v) is 8.62. The lowest BCUT2D eigenvalue weighted by molar-refractivity contribution is -0.0116. The fraction of sp³-hybridized carbons (Fsp3) is 0.318. The number of fused-ring (bicyclic) bond motifs is 1. The Balaban J connectivity index is 1.52. The van der Waals surface area contributed by atoms with E-state index >= 15 is 0 Å². The van der Waals surface area contributed by atoms with Crippen molar-refractivity contribution in [3.63, 3.8) is 0 Å². The van der Waals surface area contributed by atoms with Gasteiger partial charge in [0, 0.05) is 30.3 Å². The van der Waals surface area contributed by atoms with Crippen LogP contribution in [-0.2, 0) is 16.1 Å². The van der Waals surface area contributed by atoms with E-state index in [1.165, 1.54) is 12.5 Å². The third kappa shape index (κ3) is 4.98. The number of amides is 1. The molecule has 2 aliphatic rings. The standard InChI is InChI=1S/C22H24ClN5O3/c1-22(2,3)30-9-7-28-13-15-5-4-14(10-17(15)20(28)29)19-18(23)12-24-21(27-19)26-16-6-8-31-25-11-16/h4-6,8,10-12,25H,7,9,13H2,1-3H3,(H,24,26,27). The van der Waals surface area contributed by atoms with E-state index in [-0.39, 0.29) is 11.5 Å². The van der Waals surface area contributed by atoms with Gasteiger partial charge in [0.15, 0.2) is 0 Å². The highest BCUT2D eigenvalue weighted by atomic mass is 35.5. The Kier molecular flexibility index (Phi) is 5.84. The molecule has 0 radical (unpaired) electrons. The minimum absolute atomic E-state index is 0.0125. The first-order valence-electron chi connectivity index (χ1n) is 9.94. The highest BCUT2D eigenvalue weighted by molar-refractivity contribution is 6.33. The van der Waals surface area contributed by atoms with E-state index in [0.717, 1.165) is 16.8 Å². The molecule has 2 N–H and O–H groups in total. The Morgan fingerprint density at radius 3 is 2.94 bits per heavy atom. The van der Waals surface area contributed by atoms with Crippen LogP contribution in [0.5, 0.6) is 0 Å². The summed E-state index contributed by atoms with van der Waals surface area (Å²) >= 11 is 6.38. The summed E-state index contributed by atoms with van der Waals surface area (Å²) in [5.74, 6) is 0.369. The van der Waals surface area contributed by atoms with Gasteiger partial charge in [0.1, 0.15) is 6.26 Å². The number of carbonyl (C=O) groups excluding carboxylic acids is 1. The summed E-state index contributed by atoms with van der Waals surface area (Å²) in [6.45, 7) is 7.61. The monoisotopic (exact) mass is 441 g/mol. The van der Waals surface area contributed by atoms with E-state index in [4.69, 9.17) is 21.2 Å². The van der Waals surface area contributed by atoms with Crippen molar-refractivity contribution in [3.8, 4) is 11.3 Å². The van der Waals surface area contributed by atoms with Crippen LogP contribution in [-0.4, -0.2) is 39.5 Å². The maximum atomic E-state index is 12.9. The average molecular weight is 442 g/mol. The van der Waals surface area contributed by atoms with Gasteiger partial charge < -0.3 is 19.8 Å². The third-order valence-electron chi connectivity index (χ3n) is 4.76. The number of nitrogens with one attached hydrogen (secondary N) is 2. The third-order valence-corrected chi connectivity index (χ3v) is 5.03. The summed E-state index contributed by atoms with van der Waals surface area (Å²) in [4.78, 5) is 28.4.